The molecule has 5 heteroatoms. The Hall–Kier alpha value is -7.89. The average Bonchev–Trinajstić information content (AvgIpc) is 3.83. The van der Waals surface area contributed by atoms with Crippen molar-refractivity contribution in [3.05, 3.63) is 194 Å². The van der Waals surface area contributed by atoms with E-state index in [1.807, 2.05) is 30.3 Å². The van der Waals surface area contributed by atoms with E-state index in [0.717, 1.165) is 77.2 Å². The zero-order valence-electron chi connectivity index (χ0n) is 31.2. The number of furan rings is 1. The molecular formula is C53H32N4O. The smallest absolute Gasteiger partial charge is 0.164 e. The van der Waals surface area contributed by atoms with Gasteiger partial charge >= 0.3 is 0 Å². The third-order valence-electron chi connectivity index (χ3n) is 11.4. The number of fused-ring (bicyclic) bond motifs is 8. The van der Waals surface area contributed by atoms with Gasteiger partial charge in [0.25, 0.3) is 0 Å². The van der Waals surface area contributed by atoms with E-state index in [4.69, 9.17) is 19.4 Å². The number of hydrogen-bond acceptors (Lipinski definition) is 4. The van der Waals surface area contributed by atoms with Crippen molar-refractivity contribution in [1.29, 1.82) is 0 Å². The average molecular weight is 741 g/mol. The highest BCUT2D eigenvalue weighted by atomic mass is 16.3. The van der Waals surface area contributed by atoms with Crippen LogP contribution in [0.15, 0.2) is 199 Å². The van der Waals surface area contributed by atoms with E-state index in [1.165, 1.54) is 21.5 Å². The Morgan fingerprint density at radius 2 is 0.845 bits per heavy atom. The third kappa shape index (κ3) is 5.21. The van der Waals surface area contributed by atoms with Crippen LogP contribution in [-0.4, -0.2) is 19.5 Å². The highest BCUT2D eigenvalue weighted by Gasteiger charge is 2.22. The molecule has 9 aromatic carbocycles. The van der Waals surface area contributed by atoms with Gasteiger partial charge in [-0.25, -0.2) is 15.0 Å². The quantitative estimate of drug-likeness (QED) is 0.176. The zero-order valence-corrected chi connectivity index (χ0v) is 31.2. The van der Waals surface area contributed by atoms with Crippen molar-refractivity contribution in [3.63, 3.8) is 0 Å². The first-order valence-corrected chi connectivity index (χ1v) is 19.5. The van der Waals surface area contributed by atoms with Gasteiger partial charge in [-0.15, -0.1) is 0 Å². The molecule has 0 aliphatic rings. The van der Waals surface area contributed by atoms with Crippen LogP contribution in [0.25, 0.3) is 116 Å². The highest BCUT2D eigenvalue weighted by molar-refractivity contribution is 6.15. The van der Waals surface area contributed by atoms with Crippen molar-refractivity contribution in [2.45, 2.75) is 0 Å². The Morgan fingerprint density at radius 1 is 0.328 bits per heavy atom. The van der Waals surface area contributed by atoms with E-state index < -0.39 is 0 Å². The van der Waals surface area contributed by atoms with Gasteiger partial charge in [-0.1, -0.05) is 152 Å². The van der Waals surface area contributed by atoms with Crippen LogP contribution in [0.1, 0.15) is 0 Å². The van der Waals surface area contributed by atoms with E-state index in [2.05, 4.69) is 168 Å². The van der Waals surface area contributed by atoms with Gasteiger partial charge in [0.15, 0.2) is 23.1 Å². The van der Waals surface area contributed by atoms with Gasteiger partial charge in [-0.05, 0) is 75.1 Å². The monoisotopic (exact) mass is 740 g/mol. The molecule has 270 valence electrons. The fourth-order valence-electron chi connectivity index (χ4n) is 8.55. The second kappa shape index (κ2) is 12.8. The summed E-state index contributed by atoms with van der Waals surface area (Å²) in [5.74, 6) is 1.80. The van der Waals surface area contributed by atoms with Gasteiger partial charge in [0.05, 0.1) is 16.7 Å². The third-order valence-corrected chi connectivity index (χ3v) is 11.4. The predicted octanol–water partition coefficient (Wildman–Crippen LogP) is 13.8. The molecule has 0 N–H and O–H groups in total. The number of para-hydroxylation sites is 2. The summed E-state index contributed by atoms with van der Waals surface area (Å²) in [6.45, 7) is 0. The fourth-order valence-corrected chi connectivity index (χ4v) is 8.55. The second-order valence-corrected chi connectivity index (χ2v) is 14.9. The van der Waals surface area contributed by atoms with E-state index in [9.17, 15) is 0 Å². The first-order valence-electron chi connectivity index (χ1n) is 19.5. The molecule has 0 saturated carbocycles. The molecule has 0 spiro atoms. The van der Waals surface area contributed by atoms with Crippen molar-refractivity contribution >= 4 is 65.3 Å². The molecule has 0 saturated heterocycles. The minimum atomic E-state index is 0.585. The highest BCUT2D eigenvalue weighted by Crippen LogP contribution is 2.41. The molecule has 0 unspecified atom stereocenters. The fraction of sp³-hybridized carbons (Fsp3) is 0. The Morgan fingerprint density at radius 3 is 1.53 bits per heavy atom. The summed E-state index contributed by atoms with van der Waals surface area (Å²) < 4.78 is 9.21. The van der Waals surface area contributed by atoms with Crippen molar-refractivity contribution < 1.29 is 4.42 Å². The lowest BCUT2D eigenvalue weighted by molar-refractivity contribution is 0.667. The van der Waals surface area contributed by atoms with Gasteiger partial charge in [0.2, 0.25) is 0 Å². The summed E-state index contributed by atoms with van der Waals surface area (Å²) in [5, 5.41) is 9.13. The number of benzene rings is 9. The summed E-state index contributed by atoms with van der Waals surface area (Å²) in [4.78, 5) is 15.5. The van der Waals surface area contributed by atoms with Crippen LogP contribution in [0.4, 0.5) is 0 Å². The van der Waals surface area contributed by atoms with Crippen LogP contribution in [-0.2, 0) is 0 Å². The molecule has 0 amide bonds. The van der Waals surface area contributed by atoms with Crippen LogP contribution < -0.4 is 0 Å². The number of rotatable bonds is 5. The van der Waals surface area contributed by atoms with E-state index >= 15 is 0 Å². The lowest BCUT2D eigenvalue weighted by Crippen LogP contribution is -2.01. The maximum Gasteiger partial charge on any atom is 0.164 e. The van der Waals surface area contributed by atoms with Gasteiger partial charge in [0, 0.05) is 38.2 Å². The van der Waals surface area contributed by atoms with Gasteiger partial charge in [-0.3, -0.25) is 0 Å². The molecular weight excluding hydrogens is 709 g/mol. The van der Waals surface area contributed by atoms with E-state index in [0.29, 0.717) is 17.5 Å². The summed E-state index contributed by atoms with van der Waals surface area (Å²) in [6, 6.07) is 68.1. The SMILES string of the molecule is c1ccc(-c2nc(-c3ccc(-c4ccc5ccccc5c4)cc3)nc(-c3cc(-n4c5ccccc5c5ccccc54)c4oc5cc6ccccc6cc5c4c3)n2)cc1. The number of aromatic nitrogens is 4. The van der Waals surface area contributed by atoms with Crippen molar-refractivity contribution in [3.8, 4) is 51.0 Å². The first-order chi connectivity index (χ1) is 28.7. The first kappa shape index (κ1) is 32.4. The van der Waals surface area contributed by atoms with Gasteiger partial charge in [-0.2, -0.15) is 0 Å². The normalized spacial score (nSPS) is 11.8. The van der Waals surface area contributed by atoms with Crippen molar-refractivity contribution in [2.24, 2.45) is 0 Å². The summed E-state index contributed by atoms with van der Waals surface area (Å²) in [6.07, 6.45) is 0. The second-order valence-electron chi connectivity index (χ2n) is 14.9. The Bertz CT molecular complexity index is 3510. The topological polar surface area (TPSA) is 56.7 Å². The Balaban J connectivity index is 1.10. The molecule has 3 heterocycles. The van der Waals surface area contributed by atoms with Crippen LogP contribution in [0.3, 0.4) is 0 Å². The molecule has 12 aromatic rings. The zero-order chi connectivity index (χ0) is 38.2. The summed E-state index contributed by atoms with van der Waals surface area (Å²) in [7, 11) is 0. The van der Waals surface area contributed by atoms with Crippen LogP contribution in [0.5, 0.6) is 0 Å². The largest absolute Gasteiger partial charge is 0.454 e. The Kier molecular flexibility index (Phi) is 7.16. The molecule has 0 fully saturated rings. The lowest BCUT2D eigenvalue weighted by Gasteiger charge is -2.13. The van der Waals surface area contributed by atoms with Crippen molar-refractivity contribution in [1.82, 2.24) is 19.5 Å². The summed E-state index contributed by atoms with van der Waals surface area (Å²) >= 11 is 0. The van der Waals surface area contributed by atoms with Crippen molar-refractivity contribution in [2.75, 3.05) is 0 Å². The number of nitrogens with zero attached hydrogens (tertiary/aromatic N) is 4. The number of hydrogen-bond donors (Lipinski definition) is 0. The van der Waals surface area contributed by atoms with Gasteiger partial charge < -0.3 is 8.98 Å². The molecule has 12 rings (SSSR count). The van der Waals surface area contributed by atoms with Crippen LogP contribution >= 0.6 is 0 Å². The van der Waals surface area contributed by atoms with Crippen LogP contribution in [0, 0.1) is 0 Å². The van der Waals surface area contributed by atoms with E-state index in [1.54, 1.807) is 0 Å². The molecule has 0 atom stereocenters. The lowest BCUT2D eigenvalue weighted by atomic mass is 10.00. The molecule has 5 nitrogen and oxygen atoms in total. The molecule has 0 radical (unpaired) electrons. The molecule has 0 aliphatic carbocycles. The van der Waals surface area contributed by atoms with E-state index in [-0.39, 0.29) is 0 Å². The predicted molar refractivity (Wildman–Crippen MR) is 238 cm³/mol. The van der Waals surface area contributed by atoms with Crippen LogP contribution in [0.2, 0.25) is 0 Å². The Labute approximate surface area is 333 Å². The maximum atomic E-state index is 6.89. The minimum Gasteiger partial charge on any atom is -0.454 e. The minimum absolute atomic E-state index is 0.585. The molecule has 0 bridgehead atoms. The molecule has 58 heavy (non-hydrogen) atoms. The maximum absolute atomic E-state index is 6.89. The standard InChI is InChI=1S/C53H32N4O/c1-2-13-35(14-3-1)51-54-52(36-25-22-34(23-26-36)40-27-24-33-12-4-5-15-37(33)28-40)56-53(55-51)41-30-45-44-29-38-16-6-7-17-39(38)32-49(44)58-50(45)48(31-41)57-46-20-10-8-18-42(46)43-19-9-11-21-47(43)57/h1-32H. The molecule has 0 aliphatic heterocycles. The summed E-state index contributed by atoms with van der Waals surface area (Å²) in [5.41, 5.74) is 9.76. The van der Waals surface area contributed by atoms with Gasteiger partial charge in [0.1, 0.15) is 5.58 Å². The molecule has 3 aromatic heterocycles.